The van der Waals surface area contributed by atoms with E-state index < -0.39 is 0 Å². The van der Waals surface area contributed by atoms with Crippen LogP contribution in [0.3, 0.4) is 0 Å². The Kier molecular flexibility index (Phi) is 3.89. The molecule has 7 nitrogen and oxygen atoms in total. The maximum Gasteiger partial charge on any atom is 0.272 e. The first-order chi connectivity index (χ1) is 12.1. The van der Waals surface area contributed by atoms with Crippen LogP contribution in [0.4, 0.5) is 10.2 Å². The summed E-state index contributed by atoms with van der Waals surface area (Å²) in [6, 6.07) is 1.88. The molecule has 1 amide bonds. The van der Waals surface area contributed by atoms with Crippen molar-refractivity contribution in [2.75, 3.05) is 18.0 Å². The molecule has 8 heteroatoms. The second-order valence-electron chi connectivity index (χ2n) is 6.65. The summed E-state index contributed by atoms with van der Waals surface area (Å²) in [4.78, 5) is 24.9. The second kappa shape index (κ2) is 6.09. The third-order valence-electron chi connectivity index (χ3n) is 5.28. The first-order valence-corrected chi connectivity index (χ1v) is 8.65. The van der Waals surface area contributed by atoms with E-state index in [1.54, 1.807) is 24.0 Å². The summed E-state index contributed by atoms with van der Waals surface area (Å²) in [5.41, 5.74) is 1.02. The van der Waals surface area contributed by atoms with Gasteiger partial charge in [-0.15, -0.1) is 0 Å². The van der Waals surface area contributed by atoms with Gasteiger partial charge in [0.1, 0.15) is 12.0 Å². The Labute approximate surface area is 145 Å². The van der Waals surface area contributed by atoms with Crippen LogP contribution in [0.15, 0.2) is 18.6 Å². The normalized spacial score (nSPS) is 22.5. The van der Waals surface area contributed by atoms with Crippen LogP contribution >= 0.6 is 0 Å². The number of fused-ring (bicyclic) bond motifs is 3. The molecule has 3 fully saturated rings. The summed E-state index contributed by atoms with van der Waals surface area (Å²) >= 11 is 0. The van der Waals surface area contributed by atoms with Gasteiger partial charge in [-0.2, -0.15) is 5.10 Å². The molecule has 5 rings (SSSR count). The van der Waals surface area contributed by atoms with Gasteiger partial charge in [-0.25, -0.2) is 14.4 Å². The van der Waals surface area contributed by atoms with Crippen LogP contribution in [-0.4, -0.2) is 55.7 Å². The number of hydrogen-bond acceptors (Lipinski definition) is 5. The molecule has 2 bridgehead atoms. The van der Waals surface area contributed by atoms with E-state index in [-0.39, 0.29) is 23.8 Å². The minimum atomic E-state index is -0.331. The number of carbonyl (C=O) groups is 1. The average Bonchev–Trinajstić information content (AvgIpc) is 3.07. The predicted molar refractivity (Wildman–Crippen MR) is 89.8 cm³/mol. The second-order valence-corrected chi connectivity index (χ2v) is 6.65. The van der Waals surface area contributed by atoms with Crippen molar-refractivity contribution >= 4 is 11.7 Å². The molecule has 3 aliphatic heterocycles. The van der Waals surface area contributed by atoms with Crippen molar-refractivity contribution in [3.05, 3.63) is 35.8 Å². The van der Waals surface area contributed by atoms with E-state index >= 15 is 0 Å². The lowest BCUT2D eigenvalue weighted by molar-refractivity contribution is 0.0492. The van der Waals surface area contributed by atoms with Gasteiger partial charge in [0.2, 0.25) is 0 Å². The number of anilines is 1. The number of rotatable bonds is 3. The zero-order valence-corrected chi connectivity index (χ0v) is 14.4. The van der Waals surface area contributed by atoms with Crippen LogP contribution in [0.1, 0.15) is 35.9 Å². The summed E-state index contributed by atoms with van der Waals surface area (Å²) in [7, 11) is 1.77. The van der Waals surface area contributed by atoms with Crippen LogP contribution in [0.5, 0.6) is 0 Å². The molecule has 132 valence electrons. The van der Waals surface area contributed by atoms with Crippen molar-refractivity contribution in [2.24, 2.45) is 7.05 Å². The van der Waals surface area contributed by atoms with Crippen LogP contribution in [0.2, 0.25) is 0 Å². The Morgan fingerprint density at radius 2 is 2.08 bits per heavy atom. The number of halogens is 1. The Morgan fingerprint density at radius 3 is 2.72 bits per heavy atom. The molecule has 0 spiro atoms. The lowest BCUT2D eigenvalue weighted by atomic mass is 9.90. The van der Waals surface area contributed by atoms with E-state index in [9.17, 15) is 9.18 Å². The van der Waals surface area contributed by atoms with Crippen LogP contribution in [0, 0.1) is 5.82 Å². The Balaban J connectivity index is 1.59. The van der Waals surface area contributed by atoms with E-state index in [2.05, 4.69) is 15.1 Å². The van der Waals surface area contributed by atoms with Crippen LogP contribution < -0.4 is 4.90 Å². The van der Waals surface area contributed by atoms with E-state index in [4.69, 9.17) is 0 Å². The van der Waals surface area contributed by atoms with Crippen molar-refractivity contribution in [1.82, 2.24) is 24.6 Å². The maximum absolute atomic E-state index is 14.7. The summed E-state index contributed by atoms with van der Waals surface area (Å²) in [6.07, 6.45) is 5.46. The molecular formula is C17H21FN6O. The minimum absolute atomic E-state index is 0.00763. The monoisotopic (exact) mass is 344 g/mol. The molecule has 2 aromatic heterocycles. The van der Waals surface area contributed by atoms with Gasteiger partial charge in [-0.3, -0.25) is 9.48 Å². The highest BCUT2D eigenvalue weighted by Gasteiger charge is 2.43. The fourth-order valence-electron chi connectivity index (χ4n) is 3.91. The van der Waals surface area contributed by atoms with Gasteiger partial charge >= 0.3 is 0 Å². The van der Waals surface area contributed by atoms with Crippen molar-refractivity contribution in [2.45, 2.75) is 38.3 Å². The van der Waals surface area contributed by atoms with E-state index in [0.29, 0.717) is 36.7 Å². The van der Waals surface area contributed by atoms with Crippen molar-refractivity contribution in [3.8, 4) is 0 Å². The molecule has 2 atom stereocenters. The largest absolute Gasteiger partial charge is 0.347 e. The van der Waals surface area contributed by atoms with Crippen molar-refractivity contribution < 1.29 is 9.18 Å². The lowest BCUT2D eigenvalue weighted by Gasteiger charge is -2.51. The summed E-state index contributed by atoms with van der Waals surface area (Å²) < 4.78 is 16.3. The van der Waals surface area contributed by atoms with Gasteiger partial charge in [0, 0.05) is 38.4 Å². The number of piperazine rings is 1. The standard InChI is InChI=1S/C17H21FN6O/c1-3-13-15(18)16(20-10-19-13)23-8-12-5-4-11(23)9-24(12)17(25)14-6-7-21-22(14)2/h6-7,10-12H,3-5,8-9H2,1-2H3. The molecule has 25 heavy (non-hydrogen) atoms. The molecular weight excluding hydrogens is 323 g/mol. The van der Waals surface area contributed by atoms with Crippen LogP contribution in [0.25, 0.3) is 0 Å². The number of piperidine rings is 2. The number of aromatic nitrogens is 4. The Bertz CT molecular complexity index is 806. The third-order valence-corrected chi connectivity index (χ3v) is 5.28. The Morgan fingerprint density at radius 1 is 1.28 bits per heavy atom. The number of aryl methyl sites for hydroxylation is 2. The molecule has 0 aliphatic carbocycles. The first kappa shape index (κ1) is 16.0. The fraction of sp³-hybridized carbons (Fsp3) is 0.529. The lowest BCUT2D eigenvalue weighted by Crippen LogP contribution is -2.64. The number of nitrogens with zero attached hydrogens (tertiary/aromatic N) is 6. The molecule has 2 aromatic rings. The Hall–Kier alpha value is -2.51. The van der Waals surface area contributed by atoms with Gasteiger partial charge in [0.15, 0.2) is 11.6 Å². The quantitative estimate of drug-likeness (QED) is 0.842. The molecule has 3 saturated heterocycles. The zero-order chi connectivity index (χ0) is 17.6. The number of hydrogen-bond donors (Lipinski definition) is 0. The summed E-state index contributed by atoms with van der Waals surface area (Å²) in [6.45, 7) is 3.07. The third kappa shape index (κ3) is 2.56. The highest BCUT2D eigenvalue weighted by Crippen LogP contribution is 2.34. The van der Waals surface area contributed by atoms with Gasteiger partial charge in [-0.1, -0.05) is 6.92 Å². The smallest absolute Gasteiger partial charge is 0.272 e. The topological polar surface area (TPSA) is 67.2 Å². The highest BCUT2D eigenvalue weighted by atomic mass is 19.1. The summed E-state index contributed by atoms with van der Waals surface area (Å²) in [5, 5.41) is 4.08. The molecule has 0 aromatic carbocycles. The average molecular weight is 344 g/mol. The minimum Gasteiger partial charge on any atom is -0.347 e. The molecule has 3 aliphatic rings. The van der Waals surface area contributed by atoms with E-state index in [1.807, 2.05) is 16.7 Å². The van der Waals surface area contributed by atoms with Gasteiger partial charge in [-0.05, 0) is 25.3 Å². The molecule has 0 saturated carbocycles. The van der Waals surface area contributed by atoms with E-state index in [0.717, 1.165) is 12.8 Å². The van der Waals surface area contributed by atoms with Gasteiger partial charge < -0.3 is 9.80 Å². The zero-order valence-electron chi connectivity index (χ0n) is 14.4. The predicted octanol–water partition coefficient (Wildman–Crippen LogP) is 1.41. The maximum atomic E-state index is 14.7. The number of amides is 1. The molecule has 5 heterocycles. The van der Waals surface area contributed by atoms with Gasteiger partial charge in [0.25, 0.3) is 5.91 Å². The van der Waals surface area contributed by atoms with Crippen molar-refractivity contribution in [1.29, 1.82) is 0 Å². The first-order valence-electron chi connectivity index (χ1n) is 8.65. The number of carbonyl (C=O) groups excluding carboxylic acids is 1. The molecule has 0 N–H and O–H groups in total. The van der Waals surface area contributed by atoms with Crippen LogP contribution in [-0.2, 0) is 13.5 Å². The molecule has 0 radical (unpaired) electrons. The van der Waals surface area contributed by atoms with Crippen molar-refractivity contribution in [3.63, 3.8) is 0 Å². The summed E-state index contributed by atoms with van der Waals surface area (Å²) in [5.74, 6) is 0.0306. The van der Waals surface area contributed by atoms with E-state index in [1.165, 1.54) is 6.33 Å². The highest BCUT2D eigenvalue weighted by molar-refractivity contribution is 5.93. The molecule has 2 unspecified atom stereocenters. The van der Waals surface area contributed by atoms with Gasteiger partial charge in [0.05, 0.1) is 5.69 Å². The fourth-order valence-corrected chi connectivity index (χ4v) is 3.91. The SMILES string of the molecule is CCc1ncnc(N2CC3CCC2CN3C(=O)c2ccnn2C)c1F.